The molecule has 0 radical (unpaired) electrons. The van der Waals surface area contributed by atoms with Gasteiger partial charge in [-0.05, 0) is 45.7 Å². The van der Waals surface area contributed by atoms with E-state index in [-0.39, 0.29) is 5.97 Å². The van der Waals surface area contributed by atoms with E-state index >= 15 is 0 Å². The maximum absolute atomic E-state index is 11.4. The zero-order valence-corrected chi connectivity index (χ0v) is 11.9. The van der Waals surface area contributed by atoms with E-state index < -0.39 is 0 Å². The summed E-state index contributed by atoms with van der Waals surface area (Å²) in [5, 5.41) is 3.35. The van der Waals surface area contributed by atoms with Gasteiger partial charge in [0, 0.05) is 13.1 Å². The van der Waals surface area contributed by atoms with Crippen LogP contribution in [0.3, 0.4) is 0 Å². The van der Waals surface area contributed by atoms with Crippen molar-refractivity contribution < 1.29 is 14.3 Å². The van der Waals surface area contributed by atoms with Crippen LogP contribution in [0.1, 0.15) is 32.6 Å². The van der Waals surface area contributed by atoms with Gasteiger partial charge in [-0.15, -0.1) is 0 Å². The van der Waals surface area contributed by atoms with E-state index in [0.29, 0.717) is 25.4 Å². The molecule has 0 aromatic rings. The Hall–Kier alpha value is -0.650. The fourth-order valence-electron chi connectivity index (χ4n) is 2.80. The van der Waals surface area contributed by atoms with Crippen molar-refractivity contribution in [3.05, 3.63) is 0 Å². The minimum absolute atomic E-state index is 0.111. The molecule has 1 N–H and O–H groups in total. The van der Waals surface area contributed by atoms with Crippen molar-refractivity contribution in [1.82, 2.24) is 10.2 Å². The normalized spacial score (nSPS) is 23.4. The molecule has 110 valence electrons. The Morgan fingerprint density at radius 2 is 1.79 bits per heavy atom. The Labute approximate surface area is 115 Å². The highest BCUT2D eigenvalue weighted by Crippen LogP contribution is 2.18. The maximum atomic E-state index is 11.4. The molecule has 19 heavy (non-hydrogen) atoms. The van der Waals surface area contributed by atoms with Crippen LogP contribution in [0.25, 0.3) is 0 Å². The summed E-state index contributed by atoms with van der Waals surface area (Å²) in [5.41, 5.74) is 0. The SMILES string of the molecule is CCOC(=O)CN1CCC(OC2CCNCC2)CC1. The lowest BCUT2D eigenvalue weighted by Gasteiger charge is -2.34. The Morgan fingerprint density at radius 1 is 1.16 bits per heavy atom. The number of hydrogen-bond acceptors (Lipinski definition) is 5. The molecule has 0 aromatic carbocycles. The van der Waals surface area contributed by atoms with Crippen molar-refractivity contribution >= 4 is 5.97 Å². The molecular weight excluding hydrogens is 244 g/mol. The molecule has 0 spiro atoms. The number of nitrogens with one attached hydrogen (secondary N) is 1. The van der Waals surface area contributed by atoms with Gasteiger partial charge in [0.25, 0.3) is 0 Å². The average Bonchev–Trinajstić information content (AvgIpc) is 2.42. The molecule has 0 atom stereocenters. The number of hydrogen-bond donors (Lipinski definition) is 1. The zero-order valence-electron chi connectivity index (χ0n) is 11.9. The molecule has 0 bridgehead atoms. The lowest BCUT2D eigenvalue weighted by Crippen LogP contribution is -2.42. The molecule has 2 aliphatic heterocycles. The number of rotatable bonds is 5. The molecule has 5 nitrogen and oxygen atoms in total. The molecule has 5 heteroatoms. The van der Waals surface area contributed by atoms with E-state index in [4.69, 9.17) is 9.47 Å². The monoisotopic (exact) mass is 270 g/mol. The highest BCUT2D eigenvalue weighted by Gasteiger charge is 2.24. The molecule has 2 heterocycles. The van der Waals surface area contributed by atoms with E-state index in [1.165, 1.54) is 0 Å². The molecule has 0 amide bonds. The minimum atomic E-state index is -0.111. The van der Waals surface area contributed by atoms with Gasteiger partial charge in [-0.2, -0.15) is 0 Å². The minimum Gasteiger partial charge on any atom is -0.465 e. The summed E-state index contributed by atoms with van der Waals surface area (Å²) < 4.78 is 11.1. The molecule has 2 rings (SSSR count). The van der Waals surface area contributed by atoms with Crippen molar-refractivity contribution in [2.45, 2.75) is 44.8 Å². The maximum Gasteiger partial charge on any atom is 0.320 e. The summed E-state index contributed by atoms with van der Waals surface area (Å²) in [6.45, 7) is 6.76. The average molecular weight is 270 g/mol. The van der Waals surface area contributed by atoms with Gasteiger partial charge in [-0.3, -0.25) is 9.69 Å². The summed E-state index contributed by atoms with van der Waals surface area (Å²) >= 11 is 0. The Bertz CT molecular complexity index is 272. The van der Waals surface area contributed by atoms with Gasteiger partial charge in [0.05, 0.1) is 25.4 Å². The third kappa shape index (κ3) is 5.09. The number of piperidine rings is 2. The van der Waals surface area contributed by atoms with Crippen molar-refractivity contribution in [1.29, 1.82) is 0 Å². The van der Waals surface area contributed by atoms with Gasteiger partial charge in [0.15, 0.2) is 0 Å². The second-order valence-electron chi connectivity index (χ2n) is 5.37. The van der Waals surface area contributed by atoms with E-state index in [9.17, 15) is 4.79 Å². The van der Waals surface area contributed by atoms with Crippen LogP contribution in [0.5, 0.6) is 0 Å². The largest absolute Gasteiger partial charge is 0.465 e. The summed E-state index contributed by atoms with van der Waals surface area (Å²) in [5.74, 6) is -0.111. The molecule has 0 unspecified atom stereocenters. The van der Waals surface area contributed by atoms with Gasteiger partial charge in [0.2, 0.25) is 0 Å². The Kier molecular flexibility index (Phi) is 6.07. The Morgan fingerprint density at radius 3 is 2.42 bits per heavy atom. The number of esters is 1. The topological polar surface area (TPSA) is 50.8 Å². The van der Waals surface area contributed by atoms with Crippen molar-refractivity contribution in [2.75, 3.05) is 39.3 Å². The summed E-state index contributed by atoms with van der Waals surface area (Å²) in [7, 11) is 0. The van der Waals surface area contributed by atoms with Crippen LogP contribution in [0, 0.1) is 0 Å². The number of ether oxygens (including phenoxy) is 2. The van der Waals surface area contributed by atoms with Gasteiger partial charge in [-0.25, -0.2) is 0 Å². The van der Waals surface area contributed by atoms with Crippen LogP contribution < -0.4 is 5.32 Å². The number of likely N-dealkylation sites (tertiary alicyclic amines) is 1. The number of nitrogens with zero attached hydrogens (tertiary/aromatic N) is 1. The fourth-order valence-corrected chi connectivity index (χ4v) is 2.80. The molecule has 0 aromatic heterocycles. The van der Waals surface area contributed by atoms with Crippen LogP contribution in [-0.2, 0) is 14.3 Å². The first-order valence-electron chi connectivity index (χ1n) is 7.52. The van der Waals surface area contributed by atoms with Crippen LogP contribution in [0.4, 0.5) is 0 Å². The van der Waals surface area contributed by atoms with Gasteiger partial charge >= 0.3 is 5.97 Å². The summed E-state index contributed by atoms with van der Waals surface area (Å²) in [6, 6.07) is 0. The fraction of sp³-hybridized carbons (Fsp3) is 0.929. The zero-order chi connectivity index (χ0) is 13.5. The Balaban J connectivity index is 1.63. The predicted octanol–water partition coefficient (Wildman–Crippen LogP) is 0.783. The quantitative estimate of drug-likeness (QED) is 0.748. The first-order chi connectivity index (χ1) is 9.28. The van der Waals surface area contributed by atoms with Crippen LogP contribution in [-0.4, -0.2) is 62.4 Å². The second kappa shape index (κ2) is 7.82. The third-order valence-electron chi connectivity index (χ3n) is 3.86. The first kappa shape index (κ1) is 14.8. The molecule has 0 aliphatic carbocycles. The van der Waals surface area contributed by atoms with E-state index in [0.717, 1.165) is 51.9 Å². The molecule has 2 aliphatic rings. The summed E-state index contributed by atoms with van der Waals surface area (Å²) in [4.78, 5) is 13.6. The highest BCUT2D eigenvalue weighted by atomic mass is 16.5. The van der Waals surface area contributed by atoms with Crippen molar-refractivity contribution in [3.63, 3.8) is 0 Å². The lowest BCUT2D eigenvalue weighted by molar-refractivity contribution is -0.145. The van der Waals surface area contributed by atoms with Gasteiger partial charge < -0.3 is 14.8 Å². The molecular formula is C14H26N2O3. The molecule has 2 saturated heterocycles. The van der Waals surface area contributed by atoms with Crippen LogP contribution >= 0.6 is 0 Å². The number of carbonyl (C=O) groups excluding carboxylic acids is 1. The summed E-state index contributed by atoms with van der Waals surface area (Å²) in [6.07, 6.45) is 5.13. The number of carbonyl (C=O) groups is 1. The van der Waals surface area contributed by atoms with Crippen LogP contribution in [0.15, 0.2) is 0 Å². The van der Waals surface area contributed by atoms with Crippen LogP contribution in [0.2, 0.25) is 0 Å². The second-order valence-corrected chi connectivity index (χ2v) is 5.37. The van der Waals surface area contributed by atoms with Crippen molar-refractivity contribution in [2.24, 2.45) is 0 Å². The van der Waals surface area contributed by atoms with E-state index in [1.807, 2.05) is 6.92 Å². The molecule has 2 fully saturated rings. The third-order valence-corrected chi connectivity index (χ3v) is 3.86. The molecule has 0 saturated carbocycles. The van der Waals surface area contributed by atoms with E-state index in [1.54, 1.807) is 0 Å². The standard InChI is InChI=1S/C14H26N2O3/c1-2-18-14(17)11-16-9-5-13(6-10-16)19-12-3-7-15-8-4-12/h12-13,15H,2-11H2,1H3. The van der Waals surface area contributed by atoms with Gasteiger partial charge in [-0.1, -0.05) is 0 Å². The lowest BCUT2D eigenvalue weighted by atomic mass is 10.1. The highest BCUT2D eigenvalue weighted by molar-refractivity contribution is 5.71. The van der Waals surface area contributed by atoms with E-state index in [2.05, 4.69) is 10.2 Å². The van der Waals surface area contributed by atoms with Crippen molar-refractivity contribution in [3.8, 4) is 0 Å². The predicted molar refractivity (Wildman–Crippen MR) is 73.1 cm³/mol. The smallest absolute Gasteiger partial charge is 0.320 e. The first-order valence-corrected chi connectivity index (χ1v) is 7.52. The van der Waals surface area contributed by atoms with Gasteiger partial charge in [0.1, 0.15) is 0 Å².